The van der Waals surface area contributed by atoms with Crippen molar-refractivity contribution in [3.8, 4) is 0 Å². The molecule has 2 aromatic heterocycles. The molecule has 1 aliphatic rings. The highest BCUT2D eigenvalue weighted by molar-refractivity contribution is 6.18. The number of fused-ring (bicyclic) bond motifs is 1. The second-order valence-electron chi connectivity index (χ2n) is 4.68. The number of hydrogen-bond donors (Lipinski definition) is 0. The summed E-state index contributed by atoms with van der Waals surface area (Å²) in [5.41, 5.74) is 1.95. The van der Waals surface area contributed by atoms with Crippen LogP contribution < -0.4 is 0 Å². The van der Waals surface area contributed by atoms with E-state index in [0.717, 1.165) is 17.9 Å². The van der Waals surface area contributed by atoms with E-state index in [1.807, 2.05) is 39.9 Å². The first kappa shape index (κ1) is 11.5. The molecule has 3 heterocycles. The van der Waals surface area contributed by atoms with Crippen molar-refractivity contribution < 1.29 is 4.79 Å². The normalized spacial score (nSPS) is 19.9. The van der Waals surface area contributed by atoms with Crippen molar-refractivity contribution in [2.45, 2.75) is 13.0 Å². The van der Waals surface area contributed by atoms with Crippen LogP contribution in [0.3, 0.4) is 0 Å². The second-order valence-corrected chi connectivity index (χ2v) is 4.99. The molecule has 4 nitrogen and oxygen atoms in total. The lowest BCUT2D eigenvalue weighted by Crippen LogP contribution is -2.25. The van der Waals surface area contributed by atoms with Crippen molar-refractivity contribution in [2.24, 2.45) is 5.92 Å². The quantitative estimate of drug-likeness (QED) is 0.794. The van der Waals surface area contributed by atoms with Crippen LogP contribution in [-0.4, -0.2) is 32.6 Å². The van der Waals surface area contributed by atoms with E-state index in [-0.39, 0.29) is 5.91 Å². The number of likely N-dealkylation sites (tertiary alicyclic amines) is 1. The molecule has 3 rings (SSSR count). The van der Waals surface area contributed by atoms with Crippen LogP contribution in [0.5, 0.6) is 0 Å². The lowest BCUT2D eigenvalue weighted by molar-refractivity contribution is -0.128. The molecule has 1 saturated heterocycles. The molecular weight excluding hydrogens is 250 g/mol. The number of aromatic nitrogens is 2. The third kappa shape index (κ3) is 1.97. The van der Waals surface area contributed by atoms with Gasteiger partial charge in [0.2, 0.25) is 5.91 Å². The van der Waals surface area contributed by atoms with Crippen molar-refractivity contribution >= 4 is 23.2 Å². The second kappa shape index (κ2) is 4.61. The van der Waals surface area contributed by atoms with E-state index in [1.165, 1.54) is 0 Å². The van der Waals surface area contributed by atoms with Crippen LogP contribution in [-0.2, 0) is 11.3 Å². The highest BCUT2D eigenvalue weighted by Gasteiger charge is 2.29. The number of hydrogen-bond acceptors (Lipinski definition) is 2. The lowest BCUT2D eigenvalue weighted by atomic mass is 10.1. The van der Waals surface area contributed by atoms with Crippen molar-refractivity contribution in [1.82, 2.24) is 14.3 Å². The van der Waals surface area contributed by atoms with Gasteiger partial charge in [0, 0.05) is 25.0 Å². The molecule has 0 saturated carbocycles. The Labute approximate surface area is 110 Å². The van der Waals surface area contributed by atoms with Crippen molar-refractivity contribution in [1.29, 1.82) is 0 Å². The molecular formula is C13H14ClN3O. The number of alkyl halides is 1. The molecule has 94 valence electrons. The largest absolute Gasteiger partial charge is 0.336 e. The SMILES string of the molecule is O=C1CC(CCl)CN1Cc1cnc2ccccn12. The van der Waals surface area contributed by atoms with Gasteiger partial charge in [0.05, 0.1) is 18.4 Å². The van der Waals surface area contributed by atoms with E-state index in [4.69, 9.17) is 11.6 Å². The molecule has 0 aliphatic carbocycles. The number of amides is 1. The van der Waals surface area contributed by atoms with Crippen LogP contribution in [0.4, 0.5) is 0 Å². The highest BCUT2D eigenvalue weighted by Crippen LogP contribution is 2.21. The molecule has 2 aromatic rings. The van der Waals surface area contributed by atoms with E-state index in [0.29, 0.717) is 24.8 Å². The Balaban J connectivity index is 1.83. The van der Waals surface area contributed by atoms with Gasteiger partial charge in [0.15, 0.2) is 0 Å². The first-order valence-electron chi connectivity index (χ1n) is 6.02. The summed E-state index contributed by atoms with van der Waals surface area (Å²) in [7, 11) is 0. The maximum atomic E-state index is 11.8. The maximum Gasteiger partial charge on any atom is 0.223 e. The zero-order valence-corrected chi connectivity index (χ0v) is 10.7. The number of nitrogens with zero attached hydrogens (tertiary/aromatic N) is 3. The van der Waals surface area contributed by atoms with E-state index in [9.17, 15) is 4.79 Å². The average Bonchev–Trinajstić information content (AvgIpc) is 2.95. The topological polar surface area (TPSA) is 37.6 Å². The summed E-state index contributed by atoms with van der Waals surface area (Å²) in [5, 5.41) is 0. The number of imidazole rings is 1. The molecule has 1 amide bonds. The van der Waals surface area contributed by atoms with Gasteiger partial charge in [-0.25, -0.2) is 4.98 Å². The maximum absolute atomic E-state index is 11.8. The monoisotopic (exact) mass is 263 g/mol. The van der Waals surface area contributed by atoms with Crippen LogP contribution in [0.1, 0.15) is 12.1 Å². The highest BCUT2D eigenvalue weighted by atomic mass is 35.5. The Bertz CT molecular complexity index is 580. The van der Waals surface area contributed by atoms with Gasteiger partial charge < -0.3 is 9.30 Å². The predicted molar refractivity (Wildman–Crippen MR) is 69.4 cm³/mol. The minimum atomic E-state index is 0.187. The summed E-state index contributed by atoms with van der Waals surface area (Å²) < 4.78 is 2.02. The van der Waals surface area contributed by atoms with Gasteiger partial charge in [-0.15, -0.1) is 11.6 Å². The average molecular weight is 264 g/mol. The zero-order chi connectivity index (χ0) is 12.5. The van der Waals surface area contributed by atoms with Crippen LogP contribution in [0.25, 0.3) is 5.65 Å². The van der Waals surface area contributed by atoms with Crippen LogP contribution in [0, 0.1) is 5.92 Å². The molecule has 0 bridgehead atoms. The van der Waals surface area contributed by atoms with Crippen LogP contribution in [0.15, 0.2) is 30.6 Å². The summed E-state index contributed by atoms with van der Waals surface area (Å²) in [6, 6.07) is 5.87. The Morgan fingerprint density at radius 3 is 3.11 bits per heavy atom. The lowest BCUT2D eigenvalue weighted by Gasteiger charge is -2.15. The van der Waals surface area contributed by atoms with Gasteiger partial charge >= 0.3 is 0 Å². The molecule has 0 aromatic carbocycles. The summed E-state index contributed by atoms with van der Waals surface area (Å²) in [4.78, 5) is 18.0. The van der Waals surface area contributed by atoms with Crippen LogP contribution in [0.2, 0.25) is 0 Å². The molecule has 1 unspecified atom stereocenters. The fourth-order valence-corrected chi connectivity index (χ4v) is 2.61. The van der Waals surface area contributed by atoms with Gasteiger partial charge in [0.25, 0.3) is 0 Å². The van der Waals surface area contributed by atoms with E-state index >= 15 is 0 Å². The van der Waals surface area contributed by atoms with Gasteiger partial charge in [-0.1, -0.05) is 6.07 Å². The third-order valence-electron chi connectivity index (χ3n) is 3.36. The molecule has 0 spiro atoms. The number of carbonyl (C=O) groups excluding carboxylic acids is 1. The van der Waals surface area contributed by atoms with Crippen molar-refractivity contribution in [2.75, 3.05) is 12.4 Å². The summed E-state index contributed by atoms with van der Waals surface area (Å²) in [6.45, 7) is 1.36. The fraction of sp³-hybridized carbons (Fsp3) is 0.385. The standard InChI is InChI=1S/C13H14ClN3O/c14-6-10-5-13(18)16(8-10)9-11-7-15-12-3-1-2-4-17(11)12/h1-4,7,10H,5-6,8-9H2. The molecule has 18 heavy (non-hydrogen) atoms. The van der Waals surface area contributed by atoms with Gasteiger partial charge in [-0.05, 0) is 18.1 Å². The molecule has 1 fully saturated rings. The molecule has 1 aliphatic heterocycles. The fourth-order valence-electron chi connectivity index (χ4n) is 2.41. The Morgan fingerprint density at radius 1 is 1.44 bits per heavy atom. The van der Waals surface area contributed by atoms with E-state index in [1.54, 1.807) is 0 Å². The molecule has 5 heteroatoms. The minimum Gasteiger partial charge on any atom is -0.336 e. The van der Waals surface area contributed by atoms with Crippen molar-refractivity contribution in [3.63, 3.8) is 0 Å². The van der Waals surface area contributed by atoms with Gasteiger partial charge in [0.1, 0.15) is 5.65 Å². The van der Waals surface area contributed by atoms with E-state index < -0.39 is 0 Å². The number of halogens is 1. The van der Waals surface area contributed by atoms with Crippen LogP contribution >= 0.6 is 11.6 Å². The summed E-state index contributed by atoms with van der Waals surface area (Å²) in [6.07, 6.45) is 4.37. The Hall–Kier alpha value is -1.55. The Morgan fingerprint density at radius 2 is 2.33 bits per heavy atom. The first-order chi connectivity index (χ1) is 8.78. The minimum absolute atomic E-state index is 0.187. The smallest absolute Gasteiger partial charge is 0.223 e. The van der Waals surface area contributed by atoms with E-state index in [2.05, 4.69) is 4.98 Å². The predicted octanol–water partition coefficient (Wildman–Crippen LogP) is 1.92. The third-order valence-corrected chi connectivity index (χ3v) is 3.80. The summed E-state index contributed by atoms with van der Waals surface area (Å²) in [5.74, 6) is 1.03. The zero-order valence-electron chi connectivity index (χ0n) is 9.92. The first-order valence-corrected chi connectivity index (χ1v) is 6.56. The molecule has 0 N–H and O–H groups in total. The molecule has 0 radical (unpaired) electrons. The number of rotatable bonds is 3. The number of carbonyl (C=O) groups is 1. The summed E-state index contributed by atoms with van der Waals surface area (Å²) >= 11 is 5.82. The molecule has 1 atom stereocenters. The van der Waals surface area contributed by atoms with Gasteiger partial charge in [-0.2, -0.15) is 0 Å². The van der Waals surface area contributed by atoms with Gasteiger partial charge in [-0.3, -0.25) is 4.79 Å². The van der Waals surface area contributed by atoms with Crippen molar-refractivity contribution in [3.05, 3.63) is 36.3 Å². The Kier molecular flexibility index (Phi) is 2.96. The number of pyridine rings is 1.